The van der Waals surface area contributed by atoms with Gasteiger partial charge < -0.3 is 124 Å². The van der Waals surface area contributed by atoms with Crippen molar-refractivity contribution in [2.75, 3.05) is 26.4 Å². The number of allylic oxidation sites excluding steroid dienone is 3. The summed E-state index contributed by atoms with van der Waals surface area (Å²) >= 11 is 0. The van der Waals surface area contributed by atoms with Crippen LogP contribution in [-0.4, -0.2) is 267 Å². The number of rotatable bonds is 15. The number of aliphatic hydroxyl groups is 15. The molecule has 9 aliphatic rings. The molecular weight excluding hydrogens is 1140 g/mol. The third-order valence-electron chi connectivity index (χ3n) is 22.9. The molecule has 4 saturated heterocycles. The number of hydrogen-bond acceptors (Lipinski definition) is 26. The number of carboxylic acid groups (broad SMARTS) is 1. The maximum absolute atomic E-state index is 13.2. The molecule has 0 unspecified atom stereocenters. The molecule has 9 rings (SSSR count). The van der Waals surface area contributed by atoms with Crippen molar-refractivity contribution in [2.45, 2.75) is 254 Å². The van der Waals surface area contributed by atoms with E-state index in [0.29, 0.717) is 32.1 Å². The Bertz CT molecular complexity index is 2480. The highest BCUT2D eigenvalue weighted by molar-refractivity contribution is 5.87. The van der Waals surface area contributed by atoms with E-state index in [1.165, 1.54) is 0 Å². The lowest BCUT2D eigenvalue weighted by atomic mass is 9.33. The molecule has 5 aliphatic carbocycles. The van der Waals surface area contributed by atoms with Crippen LogP contribution in [0.15, 0.2) is 23.3 Å². The van der Waals surface area contributed by atoms with Gasteiger partial charge in [-0.25, -0.2) is 9.59 Å². The fourth-order valence-electron chi connectivity index (χ4n) is 17.4. The van der Waals surface area contributed by atoms with Crippen LogP contribution in [0, 0.1) is 50.2 Å². The van der Waals surface area contributed by atoms with Crippen molar-refractivity contribution in [3.8, 4) is 0 Å². The molecule has 32 atom stereocenters. The highest BCUT2D eigenvalue weighted by Crippen LogP contribution is 2.76. The van der Waals surface area contributed by atoms with Gasteiger partial charge in [-0.05, 0) is 105 Å². The Hall–Kier alpha value is -2.50. The molecule has 4 heterocycles. The van der Waals surface area contributed by atoms with E-state index in [4.69, 9.17) is 42.6 Å². The highest BCUT2D eigenvalue weighted by Gasteiger charge is 2.73. The lowest BCUT2D eigenvalue weighted by Crippen LogP contribution is -2.72. The molecule has 0 spiro atoms. The van der Waals surface area contributed by atoms with Gasteiger partial charge in [-0.2, -0.15) is 0 Å². The topological polar surface area (TPSA) is 441 Å². The number of carbonyl (C=O) groups is 2. The lowest BCUT2D eigenvalue weighted by Gasteiger charge is -2.72. The van der Waals surface area contributed by atoms with Gasteiger partial charge in [0, 0.05) is 11.0 Å². The molecule has 27 nitrogen and oxygen atoms in total. The summed E-state index contributed by atoms with van der Waals surface area (Å²) in [6.07, 6.45) is -34.6. The van der Waals surface area contributed by atoms with Gasteiger partial charge >= 0.3 is 11.9 Å². The molecule has 8 fully saturated rings. The van der Waals surface area contributed by atoms with E-state index in [1.54, 1.807) is 26.8 Å². The van der Waals surface area contributed by atoms with Crippen LogP contribution in [0.1, 0.15) is 107 Å². The molecule has 4 aliphatic heterocycles. The molecule has 16 N–H and O–H groups in total. The third-order valence-corrected chi connectivity index (χ3v) is 22.9. The smallest absolute Gasteiger partial charge is 0.335 e. The minimum atomic E-state index is -2.19. The zero-order chi connectivity index (χ0) is 63.5. The molecule has 0 amide bonds. The predicted octanol–water partition coefficient (Wildman–Crippen LogP) is -3.04. The quantitative estimate of drug-likeness (QED) is 0.0335. The van der Waals surface area contributed by atoms with Crippen molar-refractivity contribution >= 4 is 11.9 Å². The van der Waals surface area contributed by atoms with E-state index in [1.807, 2.05) is 20.8 Å². The van der Waals surface area contributed by atoms with E-state index in [-0.39, 0.29) is 30.3 Å². The van der Waals surface area contributed by atoms with Gasteiger partial charge in [0.2, 0.25) is 0 Å². The van der Waals surface area contributed by atoms with Crippen molar-refractivity contribution in [2.24, 2.45) is 50.2 Å². The van der Waals surface area contributed by atoms with E-state index < -0.39 is 224 Å². The molecule has 4 saturated carbocycles. The van der Waals surface area contributed by atoms with E-state index >= 15 is 0 Å². The van der Waals surface area contributed by atoms with Gasteiger partial charge in [-0.3, -0.25) is 0 Å². The van der Waals surface area contributed by atoms with Gasteiger partial charge in [-0.1, -0.05) is 59.3 Å². The van der Waals surface area contributed by atoms with Crippen LogP contribution in [0.4, 0.5) is 0 Å². The van der Waals surface area contributed by atoms with Gasteiger partial charge in [0.15, 0.2) is 37.4 Å². The molecule has 0 aromatic rings. The van der Waals surface area contributed by atoms with Crippen molar-refractivity contribution in [3.05, 3.63) is 23.3 Å². The molecule has 27 heteroatoms. The SMILES string of the molecule is C/C=C(/C)C(=O)O[C@@H]1[C@H](O)[C@@H](O)[C@H](O[C@H]2[C@H](O)[C@@]3(CO)[C@H](CC2(C)C)C2=CC[C@@H]4[C@@]5(C)CC[C@H](O[C@@H]6O[C@H](C(=O)O)[C@@H](O[C@H]7O[C@@H](CO)[C@H](O)[C@@H](O)[C@@H]7O)[C@@H](O)[C@H]6O[C@@H]6O[C@H](CO)[C@H](O)[C@@H](O)[C@H]6O)[C@](C)(CO)[C@@H]5CC[C@@]4(C)[C@]2(C)C[C@@H]3O)O[C@@H]1C. The van der Waals surface area contributed by atoms with Gasteiger partial charge in [0.1, 0.15) is 79.4 Å². The minimum Gasteiger partial charge on any atom is -0.479 e. The second-order valence-electron chi connectivity index (χ2n) is 27.7. The number of carboxylic acids is 1. The van der Waals surface area contributed by atoms with Crippen molar-refractivity contribution in [1.29, 1.82) is 0 Å². The summed E-state index contributed by atoms with van der Waals surface area (Å²) in [5.74, 6) is -3.46. The second kappa shape index (κ2) is 24.8. The van der Waals surface area contributed by atoms with Crippen LogP contribution in [0.25, 0.3) is 0 Å². The lowest BCUT2D eigenvalue weighted by molar-refractivity contribution is -0.392. The fourth-order valence-corrected chi connectivity index (χ4v) is 17.4. The summed E-state index contributed by atoms with van der Waals surface area (Å²) in [4.78, 5) is 25.8. The van der Waals surface area contributed by atoms with Crippen LogP contribution in [0.5, 0.6) is 0 Å². The summed E-state index contributed by atoms with van der Waals surface area (Å²) in [5.41, 5.74) is -4.23. The maximum atomic E-state index is 13.2. The fraction of sp³-hybridized carbons (Fsp3) is 0.898. The monoisotopic (exact) mass is 1230 g/mol. The number of aliphatic hydroxyl groups excluding tert-OH is 15. The second-order valence-corrected chi connectivity index (χ2v) is 27.7. The van der Waals surface area contributed by atoms with Gasteiger partial charge in [-0.15, -0.1) is 0 Å². The van der Waals surface area contributed by atoms with E-state index in [2.05, 4.69) is 26.8 Å². The Morgan fingerprint density at radius 3 is 1.74 bits per heavy atom. The van der Waals surface area contributed by atoms with Gasteiger partial charge in [0.25, 0.3) is 0 Å². The first kappa shape index (κ1) is 67.9. The maximum Gasteiger partial charge on any atom is 0.335 e. The summed E-state index contributed by atoms with van der Waals surface area (Å²) in [5, 5.41) is 179. The number of ether oxygens (including phenoxy) is 9. The minimum absolute atomic E-state index is 0.115. The largest absolute Gasteiger partial charge is 0.479 e. The van der Waals surface area contributed by atoms with Crippen LogP contribution >= 0.6 is 0 Å². The number of esters is 1. The zero-order valence-corrected chi connectivity index (χ0v) is 50.2. The first-order valence-electron chi connectivity index (χ1n) is 30.2. The summed E-state index contributed by atoms with van der Waals surface area (Å²) in [6, 6.07) is 0. The predicted molar refractivity (Wildman–Crippen MR) is 291 cm³/mol. The molecule has 0 bridgehead atoms. The van der Waals surface area contributed by atoms with E-state index in [0.717, 1.165) is 5.57 Å². The first-order valence-corrected chi connectivity index (χ1v) is 30.2. The molecule has 0 aromatic heterocycles. The average Bonchev–Trinajstić information content (AvgIpc) is 0.675. The van der Waals surface area contributed by atoms with Crippen molar-refractivity contribution < 1.29 is 134 Å². The van der Waals surface area contributed by atoms with Gasteiger partial charge in [0.05, 0.1) is 62.4 Å². The number of fused-ring (bicyclic) bond motifs is 7. The summed E-state index contributed by atoms with van der Waals surface area (Å²) in [7, 11) is 0. The Labute approximate surface area is 499 Å². The van der Waals surface area contributed by atoms with Crippen LogP contribution < -0.4 is 0 Å². The third kappa shape index (κ3) is 10.8. The van der Waals surface area contributed by atoms with Crippen LogP contribution in [0.3, 0.4) is 0 Å². The summed E-state index contributed by atoms with van der Waals surface area (Å²) in [6.45, 7) is 14.0. The summed E-state index contributed by atoms with van der Waals surface area (Å²) < 4.78 is 54.0. The first-order chi connectivity index (χ1) is 40.2. The highest BCUT2D eigenvalue weighted by atomic mass is 16.8. The molecular formula is C59H94O27. The van der Waals surface area contributed by atoms with E-state index in [9.17, 15) is 91.3 Å². The van der Waals surface area contributed by atoms with Crippen LogP contribution in [-0.2, 0) is 52.2 Å². The standard InChI is InChI=1S/C59H94O27/c1-10-23(2)49(77)82-42-24(3)78-50(40(72)37(42)69)86-47-46(74)59(22-63)26(17-54(47,4)5)25-11-12-30-55(6)15-14-32(56(7,21-62)29(55)13-16-57(30,8)58(25,9)18-31(59)64)81-53-44(84-52-39(71)36(68)34(66)28(20-61)80-52)41(73)43(45(85-53)48(75)76)83-51-38(70)35(67)33(65)27(19-60)79-51/h10-11,24,26-47,50-53,60-74H,12-22H2,1-9H3,(H,75,76)/b23-10-/t24-,26-,27+,28-,29-,30-,31+,32+,33+,34+,35-,36-,37-,38+,39-,40-,41-,42+,43+,44-,45+,46+,47+,50+,51-,52+,53-,55+,56-,57-,58-,59+/m1/s1. The molecule has 0 radical (unpaired) electrons. The molecule has 86 heavy (non-hydrogen) atoms. The number of aliphatic carboxylic acids is 1. The Morgan fingerprint density at radius 2 is 1.20 bits per heavy atom. The number of hydrogen-bond donors (Lipinski definition) is 16. The van der Waals surface area contributed by atoms with Crippen molar-refractivity contribution in [1.82, 2.24) is 0 Å². The Morgan fingerprint density at radius 1 is 0.628 bits per heavy atom. The zero-order valence-electron chi connectivity index (χ0n) is 50.2. The molecule has 492 valence electrons. The van der Waals surface area contributed by atoms with Crippen molar-refractivity contribution in [3.63, 3.8) is 0 Å². The van der Waals surface area contributed by atoms with Crippen LogP contribution in [0.2, 0.25) is 0 Å². The number of carbonyl (C=O) groups excluding carboxylic acids is 1. The normalized spacial score (nSPS) is 53.0. The Balaban J connectivity index is 0.982. The average molecular weight is 1240 g/mol. The Kier molecular flexibility index (Phi) is 19.6. The molecule has 0 aromatic carbocycles.